The van der Waals surface area contributed by atoms with Crippen LogP contribution in [0.5, 0.6) is 0 Å². The highest BCUT2D eigenvalue weighted by atomic mass is 19.1. The van der Waals surface area contributed by atoms with E-state index in [9.17, 15) is 14.0 Å². The van der Waals surface area contributed by atoms with Crippen LogP contribution in [0.3, 0.4) is 0 Å². The Bertz CT molecular complexity index is 1060. The number of hydrogen-bond acceptors (Lipinski definition) is 3. The van der Waals surface area contributed by atoms with Gasteiger partial charge in [-0.3, -0.25) is 9.59 Å². The molecule has 0 N–H and O–H groups in total. The standard InChI is InChI=1S/C23H26FN3O2/c1-4-5-8-15-27-22(28)20-10-7-6-9-19(20)21(25-27)23(29)26(3)16(2)17-11-13-18(24)14-12-17/h6-7,9-14,16H,4-5,8,15H2,1-3H3. The molecule has 0 bridgehead atoms. The number of amides is 1. The minimum atomic E-state index is -0.318. The number of aromatic nitrogens is 2. The predicted octanol–water partition coefficient (Wildman–Crippen LogP) is 4.56. The summed E-state index contributed by atoms with van der Waals surface area (Å²) in [6, 6.07) is 12.9. The van der Waals surface area contributed by atoms with Crippen molar-refractivity contribution in [1.82, 2.24) is 14.7 Å². The van der Waals surface area contributed by atoms with Crippen molar-refractivity contribution in [3.63, 3.8) is 0 Å². The zero-order valence-corrected chi connectivity index (χ0v) is 17.1. The van der Waals surface area contributed by atoms with Gasteiger partial charge in [-0.1, -0.05) is 50.1 Å². The van der Waals surface area contributed by atoms with E-state index in [4.69, 9.17) is 0 Å². The number of nitrogens with zero attached hydrogens (tertiary/aromatic N) is 3. The lowest BCUT2D eigenvalue weighted by Crippen LogP contribution is -2.33. The van der Waals surface area contributed by atoms with Crippen LogP contribution in [0.25, 0.3) is 10.8 Å². The highest BCUT2D eigenvalue weighted by Crippen LogP contribution is 2.23. The fourth-order valence-electron chi connectivity index (χ4n) is 3.36. The summed E-state index contributed by atoms with van der Waals surface area (Å²) in [5, 5.41) is 5.48. The molecule has 152 valence electrons. The van der Waals surface area contributed by atoms with E-state index < -0.39 is 0 Å². The Morgan fingerprint density at radius 2 is 1.76 bits per heavy atom. The molecule has 0 fully saturated rings. The quantitative estimate of drug-likeness (QED) is 0.551. The maximum atomic E-state index is 13.3. The van der Waals surface area contributed by atoms with Crippen LogP contribution in [-0.2, 0) is 6.54 Å². The van der Waals surface area contributed by atoms with Crippen molar-refractivity contribution in [3.05, 3.63) is 76.0 Å². The Labute approximate surface area is 169 Å². The summed E-state index contributed by atoms with van der Waals surface area (Å²) in [6.07, 6.45) is 2.86. The smallest absolute Gasteiger partial charge is 0.275 e. The van der Waals surface area contributed by atoms with E-state index in [0.29, 0.717) is 17.3 Å². The Morgan fingerprint density at radius 1 is 1.10 bits per heavy atom. The SMILES string of the molecule is CCCCCn1nc(C(=O)N(C)C(C)c2ccc(F)cc2)c2ccccc2c1=O. The molecule has 5 nitrogen and oxygen atoms in total. The van der Waals surface area contributed by atoms with Crippen LogP contribution in [0.1, 0.15) is 55.2 Å². The summed E-state index contributed by atoms with van der Waals surface area (Å²) in [5.41, 5.74) is 0.901. The second-order valence-electron chi connectivity index (χ2n) is 7.27. The largest absolute Gasteiger partial charge is 0.334 e. The van der Waals surface area contributed by atoms with E-state index in [1.165, 1.54) is 16.8 Å². The molecule has 0 aliphatic rings. The van der Waals surface area contributed by atoms with Crippen LogP contribution in [0.4, 0.5) is 4.39 Å². The highest BCUT2D eigenvalue weighted by Gasteiger charge is 2.24. The third-order valence-electron chi connectivity index (χ3n) is 5.30. The van der Waals surface area contributed by atoms with Gasteiger partial charge in [0.15, 0.2) is 5.69 Å². The molecular formula is C23H26FN3O2. The van der Waals surface area contributed by atoms with Crippen molar-refractivity contribution in [2.45, 2.75) is 45.7 Å². The molecule has 3 aromatic rings. The van der Waals surface area contributed by atoms with Gasteiger partial charge in [0.05, 0.1) is 11.4 Å². The minimum absolute atomic E-state index is 0.178. The van der Waals surface area contributed by atoms with Crippen molar-refractivity contribution >= 4 is 16.7 Å². The Hall–Kier alpha value is -3.02. The number of hydrogen-bond donors (Lipinski definition) is 0. The third kappa shape index (κ3) is 4.36. The van der Waals surface area contributed by atoms with E-state index >= 15 is 0 Å². The maximum Gasteiger partial charge on any atom is 0.275 e. The first kappa shape index (κ1) is 20.7. The van der Waals surface area contributed by atoms with Crippen molar-refractivity contribution in [1.29, 1.82) is 0 Å². The Morgan fingerprint density at radius 3 is 2.41 bits per heavy atom. The number of unbranched alkanes of at least 4 members (excludes halogenated alkanes) is 2. The first-order chi connectivity index (χ1) is 13.9. The second-order valence-corrected chi connectivity index (χ2v) is 7.27. The number of benzene rings is 2. The lowest BCUT2D eigenvalue weighted by molar-refractivity contribution is 0.0736. The molecule has 2 aromatic carbocycles. The monoisotopic (exact) mass is 395 g/mol. The summed E-state index contributed by atoms with van der Waals surface area (Å²) in [7, 11) is 1.69. The molecule has 0 spiro atoms. The zero-order chi connectivity index (χ0) is 21.0. The number of carbonyl (C=O) groups is 1. The average Bonchev–Trinajstić information content (AvgIpc) is 2.74. The van der Waals surface area contributed by atoms with Gasteiger partial charge >= 0.3 is 0 Å². The molecule has 1 heterocycles. The molecule has 0 saturated carbocycles. The molecule has 1 unspecified atom stereocenters. The summed E-state index contributed by atoms with van der Waals surface area (Å²) in [6.45, 7) is 4.46. The van der Waals surface area contributed by atoms with Gasteiger partial charge in [0.2, 0.25) is 0 Å². The normalized spacial score (nSPS) is 12.1. The summed E-state index contributed by atoms with van der Waals surface area (Å²) in [5.74, 6) is -0.594. The van der Waals surface area contributed by atoms with Crippen LogP contribution in [0, 0.1) is 5.82 Å². The first-order valence-electron chi connectivity index (χ1n) is 9.96. The third-order valence-corrected chi connectivity index (χ3v) is 5.30. The number of aryl methyl sites for hydroxylation is 1. The zero-order valence-electron chi connectivity index (χ0n) is 17.1. The van der Waals surface area contributed by atoms with Gasteiger partial charge in [-0.25, -0.2) is 9.07 Å². The fourth-order valence-corrected chi connectivity index (χ4v) is 3.36. The van der Waals surface area contributed by atoms with E-state index in [1.807, 2.05) is 6.92 Å². The lowest BCUT2D eigenvalue weighted by atomic mass is 10.1. The van der Waals surface area contributed by atoms with Crippen molar-refractivity contribution in [2.24, 2.45) is 0 Å². The first-order valence-corrected chi connectivity index (χ1v) is 9.96. The summed E-state index contributed by atoms with van der Waals surface area (Å²) in [4.78, 5) is 27.7. The molecule has 0 aliphatic heterocycles. The lowest BCUT2D eigenvalue weighted by Gasteiger charge is -2.25. The van der Waals surface area contributed by atoms with Gasteiger partial charge in [-0.15, -0.1) is 0 Å². The minimum Gasteiger partial charge on any atom is -0.334 e. The Balaban J connectivity index is 2.00. The van der Waals surface area contributed by atoms with Gasteiger partial charge in [-0.2, -0.15) is 5.10 Å². The van der Waals surface area contributed by atoms with Crippen LogP contribution in [-0.4, -0.2) is 27.6 Å². The van der Waals surface area contributed by atoms with E-state index in [2.05, 4.69) is 12.0 Å². The Kier molecular flexibility index (Phi) is 6.42. The molecule has 3 rings (SSSR count). The number of halogens is 1. The molecule has 1 aromatic heterocycles. The van der Waals surface area contributed by atoms with E-state index in [-0.39, 0.29) is 29.0 Å². The summed E-state index contributed by atoms with van der Waals surface area (Å²) >= 11 is 0. The van der Waals surface area contributed by atoms with E-state index in [0.717, 1.165) is 24.8 Å². The molecular weight excluding hydrogens is 369 g/mol. The molecule has 0 aliphatic carbocycles. The average molecular weight is 395 g/mol. The van der Waals surface area contributed by atoms with Crippen LogP contribution >= 0.6 is 0 Å². The van der Waals surface area contributed by atoms with Gasteiger partial charge < -0.3 is 4.90 Å². The fraction of sp³-hybridized carbons (Fsp3) is 0.348. The predicted molar refractivity (Wildman–Crippen MR) is 112 cm³/mol. The summed E-state index contributed by atoms with van der Waals surface area (Å²) < 4.78 is 14.6. The molecule has 1 amide bonds. The molecule has 1 atom stereocenters. The highest BCUT2D eigenvalue weighted by molar-refractivity contribution is 6.04. The van der Waals surface area contributed by atoms with E-state index in [1.54, 1.807) is 48.3 Å². The number of rotatable bonds is 7. The van der Waals surface area contributed by atoms with Gasteiger partial charge in [0.1, 0.15) is 5.82 Å². The van der Waals surface area contributed by atoms with Crippen molar-refractivity contribution in [3.8, 4) is 0 Å². The van der Waals surface area contributed by atoms with Crippen molar-refractivity contribution < 1.29 is 9.18 Å². The second kappa shape index (κ2) is 8.99. The molecule has 0 saturated heterocycles. The van der Waals surface area contributed by atoms with Gasteiger partial charge in [0.25, 0.3) is 11.5 Å². The molecule has 29 heavy (non-hydrogen) atoms. The topological polar surface area (TPSA) is 55.2 Å². The van der Waals surface area contributed by atoms with Crippen LogP contribution < -0.4 is 5.56 Å². The van der Waals surface area contributed by atoms with Crippen molar-refractivity contribution in [2.75, 3.05) is 7.05 Å². The molecule has 0 radical (unpaired) electrons. The number of fused-ring (bicyclic) bond motifs is 1. The van der Waals surface area contributed by atoms with Crippen LogP contribution in [0.2, 0.25) is 0 Å². The van der Waals surface area contributed by atoms with Gasteiger partial charge in [0, 0.05) is 19.0 Å². The van der Waals surface area contributed by atoms with Gasteiger partial charge in [-0.05, 0) is 37.1 Å². The van der Waals surface area contributed by atoms with Crippen LogP contribution in [0.15, 0.2) is 53.3 Å². The number of carbonyl (C=O) groups excluding carboxylic acids is 1. The molecule has 6 heteroatoms. The maximum absolute atomic E-state index is 13.3.